The molecule has 0 fully saturated rings. The molecule has 1 amide bonds. The Morgan fingerprint density at radius 1 is 1.12 bits per heavy atom. The maximum absolute atomic E-state index is 12.8. The molecule has 4 rings (SSSR count). The molecule has 0 bridgehead atoms. The SMILES string of the molecule is O=C(C[C@@]1(O)C(=O)Nc2ccc(Br)cc21)c1ccc2c(c1)CCCC2. The van der Waals surface area contributed by atoms with Crippen molar-refractivity contribution in [1.29, 1.82) is 0 Å². The summed E-state index contributed by atoms with van der Waals surface area (Å²) in [5, 5.41) is 13.6. The summed E-state index contributed by atoms with van der Waals surface area (Å²) < 4.78 is 0.752. The number of halogens is 1. The highest BCUT2D eigenvalue weighted by atomic mass is 79.9. The molecule has 0 aromatic heterocycles. The summed E-state index contributed by atoms with van der Waals surface area (Å²) in [6.07, 6.45) is 4.10. The van der Waals surface area contributed by atoms with Crippen LogP contribution in [-0.4, -0.2) is 16.8 Å². The Bertz CT molecular complexity index is 893. The number of hydrogen-bond acceptors (Lipinski definition) is 3. The van der Waals surface area contributed by atoms with Crippen molar-refractivity contribution < 1.29 is 14.7 Å². The van der Waals surface area contributed by atoms with E-state index in [-0.39, 0.29) is 12.2 Å². The van der Waals surface area contributed by atoms with E-state index < -0.39 is 11.5 Å². The molecule has 0 saturated carbocycles. The van der Waals surface area contributed by atoms with Gasteiger partial charge in [-0.3, -0.25) is 9.59 Å². The quantitative estimate of drug-likeness (QED) is 0.772. The molecule has 2 aliphatic rings. The van der Waals surface area contributed by atoms with E-state index >= 15 is 0 Å². The van der Waals surface area contributed by atoms with Crippen LogP contribution in [0.3, 0.4) is 0 Å². The van der Waals surface area contributed by atoms with Gasteiger partial charge >= 0.3 is 0 Å². The van der Waals surface area contributed by atoms with Gasteiger partial charge in [-0.2, -0.15) is 0 Å². The van der Waals surface area contributed by atoms with Gasteiger partial charge in [-0.05, 0) is 61.1 Å². The Kier molecular flexibility index (Phi) is 4.01. The fourth-order valence-corrected chi connectivity index (χ4v) is 4.09. The molecule has 0 spiro atoms. The number of hydrogen-bond donors (Lipinski definition) is 2. The summed E-state index contributed by atoms with van der Waals surface area (Å²) >= 11 is 3.35. The number of benzene rings is 2. The third-order valence-electron chi connectivity index (χ3n) is 5.14. The van der Waals surface area contributed by atoms with Crippen LogP contribution in [0.1, 0.15) is 46.3 Å². The van der Waals surface area contributed by atoms with Gasteiger partial charge in [0.1, 0.15) is 0 Å². The van der Waals surface area contributed by atoms with Crippen LogP contribution in [0.2, 0.25) is 0 Å². The molecule has 2 aromatic rings. The van der Waals surface area contributed by atoms with E-state index in [2.05, 4.69) is 21.2 Å². The number of Topliss-reactive ketones (excluding diaryl/α,β-unsaturated/α-hetero) is 1. The third-order valence-corrected chi connectivity index (χ3v) is 5.63. The standard InChI is InChI=1S/C20H18BrNO3/c21-15-7-8-17-16(10-15)20(25,19(24)22-17)11-18(23)14-6-5-12-3-1-2-4-13(12)9-14/h5-10,25H,1-4,11H2,(H,22,24)/t20-/m0/s1. The average molecular weight is 400 g/mol. The first-order valence-electron chi connectivity index (χ1n) is 8.46. The number of ketones is 1. The fourth-order valence-electron chi connectivity index (χ4n) is 3.73. The molecule has 1 aliphatic carbocycles. The number of aryl methyl sites for hydroxylation is 2. The molecule has 2 N–H and O–H groups in total. The lowest BCUT2D eigenvalue weighted by Gasteiger charge is -2.21. The summed E-state index contributed by atoms with van der Waals surface area (Å²) in [5.41, 5.74) is 2.24. The monoisotopic (exact) mass is 399 g/mol. The number of aliphatic hydroxyl groups is 1. The van der Waals surface area contributed by atoms with Crippen molar-refractivity contribution in [3.8, 4) is 0 Å². The van der Waals surface area contributed by atoms with Crippen LogP contribution in [0, 0.1) is 0 Å². The van der Waals surface area contributed by atoms with Crippen LogP contribution in [0.15, 0.2) is 40.9 Å². The van der Waals surface area contributed by atoms with E-state index in [9.17, 15) is 14.7 Å². The Balaban J connectivity index is 1.65. The lowest BCUT2D eigenvalue weighted by Crippen LogP contribution is -2.36. The second-order valence-corrected chi connectivity index (χ2v) is 7.71. The number of amides is 1. The minimum atomic E-state index is -1.83. The Morgan fingerprint density at radius 3 is 2.68 bits per heavy atom. The van der Waals surface area contributed by atoms with E-state index in [1.165, 1.54) is 17.5 Å². The lowest BCUT2D eigenvalue weighted by molar-refractivity contribution is -0.133. The molecule has 1 aliphatic heterocycles. The molecule has 1 heterocycles. The van der Waals surface area contributed by atoms with Crippen molar-refractivity contribution in [3.63, 3.8) is 0 Å². The third kappa shape index (κ3) is 2.81. The summed E-state index contributed by atoms with van der Waals surface area (Å²) in [4.78, 5) is 25.1. The van der Waals surface area contributed by atoms with Crippen molar-refractivity contribution in [2.45, 2.75) is 37.7 Å². The van der Waals surface area contributed by atoms with Crippen molar-refractivity contribution in [2.24, 2.45) is 0 Å². The first-order valence-corrected chi connectivity index (χ1v) is 9.25. The zero-order chi connectivity index (χ0) is 17.6. The van der Waals surface area contributed by atoms with Gasteiger partial charge in [-0.15, -0.1) is 0 Å². The summed E-state index contributed by atoms with van der Waals surface area (Å²) in [6, 6.07) is 10.9. The second kappa shape index (κ2) is 6.07. The van der Waals surface area contributed by atoms with Gasteiger partial charge in [0.25, 0.3) is 5.91 Å². The minimum absolute atomic E-state index is 0.223. The number of anilines is 1. The van der Waals surface area contributed by atoms with Crippen molar-refractivity contribution in [2.75, 3.05) is 5.32 Å². The first kappa shape index (κ1) is 16.5. The highest BCUT2D eigenvalue weighted by molar-refractivity contribution is 9.10. The normalized spacial score (nSPS) is 21.4. The molecule has 0 radical (unpaired) electrons. The molecular weight excluding hydrogens is 382 g/mol. The number of carbonyl (C=O) groups is 2. The molecule has 128 valence electrons. The molecule has 4 nitrogen and oxygen atoms in total. The molecule has 5 heteroatoms. The summed E-state index contributed by atoms with van der Waals surface area (Å²) in [6.45, 7) is 0. The number of nitrogens with one attached hydrogen (secondary N) is 1. The zero-order valence-corrected chi connectivity index (χ0v) is 15.2. The highest BCUT2D eigenvalue weighted by Crippen LogP contribution is 2.40. The van der Waals surface area contributed by atoms with Crippen molar-refractivity contribution >= 4 is 33.3 Å². The summed E-state index contributed by atoms with van der Waals surface area (Å²) in [7, 11) is 0. The molecule has 0 saturated heterocycles. The van der Waals surface area contributed by atoms with Crippen molar-refractivity contribution in [3.05, 3.63) is 63.1 Å². The molecule has 2 aromatic carbocycles. The number of carbonyl (C=O) groups excluding carboxylic acids is 2. The van der Waals surface area contributed by atoms with E-state index in [0.29, 0.717) is 16.8 Å². The van der Waals surface area contributed by atoms with Crippen LogP contribution < -0.4 is 5.32 Å². The fraction of sp³-hybridized carbons (Fsp3) is 0.300. The Morgan fingerprint density at radius 2 is 1.88 bits per heavy atom. The number of fused-ring (bicyclic) bond motifs is 2. The van der Waals surface area contributed by atoms with Crippen LogP contribution in [-0.2, 0) is 23.2 Å². The molecule has 25 heavy (non-hydrogen) atoms. The van der Waals surface area contributed by atoms with Crippen molar-refractivity contribution in [1.82, 2.24) is 0 Å². The maximum atomic E-state index is 12.8. The first-order chi connectivity index (χ1) is 12.0. The molecule has 1 atom stereocenters. The largest absolute Gasteiger partial charge is 0.375 e. The van der Waals surface area contributed by atoms with Crippen LogP contribution in [0.5, 0.6) is 0 Å². The maximum Gasteiger partial charge on any atom is 0.261 e. The number of rotatable bonds is 3. The van der Waals surface area contributed by atoms with E-state index in [0.717, 1.165) is 23.7 Å². The summed E-state index contributed by atoms with van der Waals surface area (Å²) in [5.74, 6) is -0.772. The van der Waals surface area contributed by atoms with Gasteiger partial charge in [-0.1, -0.05) is 28.1 Å². The van der Waals surface area contributed by atoms with Gasteiger partial charge in [-0.25, -0.2) is 0 Å². The average Bonchev–Trinajstić information content (AvgIpc) is 2.85. The Labute approximate surface area is 154 Å². The molecule has 0 unspecified atom stereocenters. The van der Waals surface area contributed by atoms with E-state index in [1.54, 1.807) is 18.2 Å². The van der Waals surface area contributed by atoms with E-state index in [1.807, 2.05) is 18.2 Å². The van der Waals surface area contributed by atoms with Crippen LogP contribution in [0.4, 0.5) is 5.69 Å². The predicted octanol–water partition coefficient (Wildman–Crippen LogP) is 3.74. The van der Waals surface area contributed by atoms with Gasteiger partial charge in [0.15, 0.2) is 11.4 Å². The lowest BCUT2D eigenvalue weighted by atomic mass is 9.85. The predicted molar refractivity (Wildman–Crippen MR) is 98.7 cm³/mol. The van der Waals surface area contributed by atoms with E-state index in [4.69, 9.17) is 0 Å². The van der Waals surface area contributed by atoms with Crippen LogP contribution >= 0.6 is 15.9 Å². The second-order valence-electron chi connectivity index (χ2n) is 6.79. The van der Waals surface area contributed by atoms with Crippen LogP contribution in [0.25, 0.3) is 0 Å². The Hall–Kier alpha value is -1.98. The van der Waals surface area contributed by atoms with Gasteiger partial charge in [0, 0.05) is 21.3 Å². The minimum Gasteiger partial charge on any atom is -0.375 e. The molecular formula is C20H18BrNO3. The van der Waals surface area contributed by atoms with Gasteiger partial charge < -0.3 is 10.4 Å². The van der Waals surface area contributed by atoms with Gasteiger partial charge in [0.05, 0.1) is 6.42 Å². The zero-order valence-electron chi connectivity index (χ0n) is 13.6. The highest BCUT2D eigenvalue weighted by Gasteiger charge is 2.46. The smallest absolute Gasteiger partial charge is 0.261 e. The topological polar surface area (TPSA) is 66.4 Å². The van der Waals surface area contributed by atoms with Gasteiger partial charge in [0.2, 0.25) is 0 Å².